The van der Waals surface area contributed by atoms with Gasteiger partial charge in [-0.1, -0.05) is 12.1 Å². The Morgan fingerprint density at radius 2 is 1.73 bits per heavy atom. The van der Waals surface area contributed by atoms with E-state index in [1.54, 1.807) is 0 Å². The molecule has 1 saturated heterocycles. The minimum absolute atomic E-state index is 0.127. The number of morpholine rings is 1. The van der Waals surface area contributed by atoms with E-state index in [-0.39, 0.29) is 5.91 Å². The van der Waals surface area contributed by atoms with Crippen molar-refractivity contribution in [3.63, 3.8) is 0 Å². The van der Waals surface area contributed by atoms with Gasteiger partial charge < -0.3 is 20.3 Å². The van der Waals surface area contributed by atoms with Crippen molar-refractivity contribution in [3.8, 4) is 0 Å². The van der Waals surface area contributed by atoms with Crippen molar-refractivity contribution in [1.29, 1.82) is 0 Å². The summed E-state index contributed by atoms with van der Waals surface area (Å²) in [7, 11) is 0. The number of benzene rings is 2. The van der Waals surface area contributed by atoms with Crippen molar-refractivity contribution >= 4 is 51.6 Å². The molecule has 0 radical (unpaired) electrons. The zero-order valence-corrected chi connectivity index (χ0v) is 18.7. The first-order valence-electron chi connectivity index (χ1n) is 9.70. The molecule has 4 rings (SSSR count). The van der Waals surface area contributed by atoms with Gasteiger partial charge in [-0.3, -0.25) is 4.79 Å². The lowest BCUT2D eigenvalue weighted by molar-refractivity contribution is 0.102. The molecule has 8 heteroatoms. The fraction of sp³-hybridized carbons (Fsp3) is 0.227. The van der Waals surface area contributed by atoms with Gasteiger partial charge in [-0.25, -0.2) is 4.98 Å². The predicted molar refractivity (Wildman–Crippen MR) is 127 cm³/mol. The van der Waals surface area contributed by atoms with Crippen molar-refractivity contribution in [3.05, 3.63) is 69.4 Å². The van der Waals surface area contributed by atoms with E-state index in [2.05, 4.69) is 48.1 Å². The first-order chi connectivity index (χ1) is 14.6. The zero-order valence-electron chi connectivity index (χ0n) is 16.6. The van der Waals surface area contributed by atoms with Gasteiger partial charge in [0.2, 0.25) is 5.95 Å². The van der Waals surface area contributed by atoms with Gasteiger partial charge in [-0.15, -0.1) is 0 Å². The van der Waals surface area contributed by atoms with E-state index in [1.165, 1.54) is 0 Å². The van der Waals surface area contributed by atoms with Crippen LogP contribution in [0.2, 0.25) is 0 Å². The third-order valence-corrected chi connectivity index (χ3v) is 5.63. The molecule has 1 aliphatic rings. The Kier molecular flexibility index (Phi) is 6.44. The molecular formula is C22H22IN5O2. The van der Waals surface area contributed by atoms with Crippen LogP contribution in [-0.4, -0.2) is 42.2 Å². The number of rotatable bonds is 5. The monoisotopic (exact) mass is 515 g/mol. The molecule has 7 nitrogen and oxygen atoms in total. The molecular weight excluding hydrogens is 493 g/mol. The van der Waals surface area contributed by atoms with Crippen LogP contribution >= 0.6 is 22.6 Å². The smallest absolute Gasteiger partial charge is 0.256 e. The van der Waals surface area contributed by atoms with E-state index in [9.17, 15) is 4.79 Å². The molecule has 0 unspecified atom stereocenters. The summed E-state index contributed by atoms with van der Waals surface area (Å²) in [6.45, 7) is 5.03. The maximum Gasteiger partial charge on any atom is 0.256 e. The van der Waals surface area contributed by atoms with E-state index in [4.69, 9.17) is 4.74 Å². The first kappa shape index (κ1) is 20.5. The molecule has 1 fully saturated rings. The van der Waals surface area contributed by atoms with E-state index in [1.807, 2.05) is 61.5 Å². The fourth-order valence-electron chi connectivity index (χ4n) is 3.17. The lowest BCUT2D eigenvalue weighted by atomic mass is 10.2. The van der Waals surface area contributed by atoms with Crippen LogP contribution in [0.5, 0.6) is 0 Å². The summed E-state index contributed by atoms with van der Waals surface area (Å²) in [5.41, 5.74) is 3.13. The number of hydrogen-bond donors (Lipinski definition) is 2. The lowest BCUT2D eigenvalue weighted by Crippen LogP contribution is -2.36. The average molecular weight is 515 g/mol. The van der Waals surface area contributed by atoms with Crippen molar-refractivity contribution < 1.29 is 9.53 Å². The minimum atomic E-state index is -0.127. The van der Waals surface area contributed by atoms with Crippen LogP contribution in [-0.2, 0) is 4.74 Å². The summed E-state index contributed by atoms with van der Waals surface area (Å²) in [5.74, 6) is 1.32. The van der Waals surface area contributed by atoms with Gasteiger partial charge in [0.15, 0.2) is 0 Å². The molecule has 0 bridgehead atoms. The van der Waals surface area contributed by atoms with Crippen LogP contribution in [0.3, 0.4) is 0 Å². The second kappa shape index (κ2) is 9.40. The maximum atomic E-state index is 12.5. The number of nitrogens with zero attached hydrogens (tertiary/aromatic N) is 3. The normalized spacial score (nSPS) is 13.7. The predicted octanol–water partition coefficient (Wildman–Crippen LogP) is 4.22. The topological polar surface area (TPSA) is 79.4 Å². The largest absolute Gasteiger partial charge is 0.378 e. The number of aromatic nitrogens is 2. The van der Waals surface area contributed by atoms with Crippen LogP contribution in [0.25, 0.3) is 0 Å². The molecule has 1 amide bonds. The molecule has 0 saturated carbocycles. The highest BCUT2D eigenvalue weighted by molar-refractivity contribution is 14.1. The molecule has 2 N–H and O–H groups in total. The number of aryl methyl sites for hydroxylation is 1. The van der Waals surface area contributed by atoms with E-state index < -0.39 is 0 Å². The maximum absolute atomic E-state index is 12.5. The summed E-state index contributed by atoms with van der Waals surface area (Å²) < 4.78 is 6.33. The van der Waals surface area contributed by atoms with Crippen LogP contribution in [0.15, 0.2) is 54.6 Å². The van der Waals surface area contributed by atoms with Crippen LogP contribution in [0.1, 0.15) is 16.1 Å². The zero-order chi connectivity index (χ0) is 20.9. The number of amides is 1. The second-order valence-corrected chi connectivity index (χ2v) is 8.09. The van der Waals surface area contributed by atoms with Gasteiger partial charge in [0.1, 0.15) is 5.82 Å². The number of carbonyl (C=O) groups excluding carboxylic acids is 1. The summed E-state index contributed by atoms with van der Waals surface area (Å²) in [6, 6.07) is 17.0. The number of hydrogen-bond acceptors (Lipinski definition) is 6. The van der Waals surface area contributed by atoms with Gasteiger partial charge >= 0.3 is 0 Å². The molecule has 0 spiro atoms. The molecule has 1 aliphatic heterocycles. The van der Waals surface area contributed by atoms with Crippen molar-refractivity contribution in [2.75, 3.05) is 41.8 Å². The molecule has 0 atom stereocenters. The summed E-state index contributed by atoms with van der Waals surface area (Å²) in [4.78, 5) is 23.8. The third kappa shape index (κ3) is 5.06. The van der Waals surface area contributed by atoms with Crippen molar-refractivity contribution in [2.45, 2.75) is 6.92 Å². The Bertz CT molecular complexity index is 1040. The number of ether oxygens (including phenoxy) is 1. The molecule has 2 aromatic carbocycles. The number of carbonyl (C=O) groups is 1. The standard InChI is InChI=1S/C22H22IN5O2/c1-15-14-20(28-10-12-30-13-11-28)27-22(24-15)26-17-8-6-16(7-9-17)25-21(29)18-4-2-3-5-19(18)23/h2-9,14H,10-13H2,1H3,(H,25,29)(H,24,26,27). The summed E-state index contributed by atoms with van der Waals surface area (Å²) in [5, 5.41) is 6.18. The Morgan fingerprint density at radius 3 is 2.47 bits per heavy atom. The molecule has 2 heterocycles. The number of anilines is 4. The van der Waals surface area contributed by atoms with Crippen LogP contribution in [0, 0.1) is 10.5 Å². The molecule has 154 valence electrons. The summed E-state index contributed by atoms with van der Waals surface area (Å²) >= 11 is 2.16. The Morgan fingerprint density at radius 1 is 1.03 bits per heavy atom. The Balaban J connectivity index is 1.44. The van der Waals surface area contributed by atoms with Gasteiger partial charge in [0.25, 0.3) is 5.91 Å². The van der Waals surface area contributed by atoms with E-state index in [0.717, 1.165) is 39.5 Å². The minimum Gasteiger partial charge on any atom is -0.378 e. The molecule has 1 aromatic heterocycles. The average Bonchev–Trinajstić information content (AvgIpc) is 2.75. The molecule has 3 aromatic rings. The third-order valence-electron chi connectivity index (χ3n) is 4.69. The van der Waals surface area contributed by atoms with Gasteiger partial charge in [0.05, 0.1) is 18.8 Å². The second-order valence-electron chi connectivity index (χ2n) is 6.93. The van der Waals surface area contributed by atoms with E-state index >= 15 is 0 Å². The van der Waals surface area contributed by atoms with Crippen molar-refractivity contribution in [1.82, 2.24) is 9.97 Å². The molecule has 0 aliphatic carbocycles. The number of halogens is 1. The van der Waals surface area contributed by atoms with Gasteiger partial charge in [0, 0.05) is 39.8 Å². The van der Waals surface area contributed by atoms with Crippen LogP contribution in [0.4, 0.5) is 23.1 Å². The summed E-state index contributed by atoms with van der Waals surface area (Å²) in [6.07, 6.45) is 0. The highest BCUT2D eigenvalue weighted by Crippen LogP contribution is 2.21. The van der Waals surface area contributed by atoms with Crippen molar-refractivity contribution in [2.24, 2.45) is 0 Å². The SMILES string of the molecule is Cc1cc(N2CCOCC2)nc(Nc2ccc(NC(=O)c3ccccc3I)cc2)n1. The molecule has 30 heavy (non-hydrogen) atoms. The highest BCUT2D eigenvalue weighted by atomic mass is 127. The van der Waals surface area contributed by atoms with Gasteiger partial charge in [-0.2, -0.15) is 4.98 Å². The first-order valence-corrected chi connectivity index (χ1v) is 10.8. The lowest BCUT2D eigenvalue weighted by Gasteiger charge is -2.28. The van der Waals surface area contributed by atoms with E-state index in [0.29, 0.717) is 24.7 Å². The fourth-order valence-corrected chi connectivity index (χ4v) is 3.80. The van der Waals surface area contributed by atoms with Gasteiger partial charge in [-0.05, 0) is 65.9 Å². The number of nitrogens with one attached hydrogen (secondary N) is 2. The quantitative estimate of drug-likeness (QED) is 0.496. The van der Waals surface area contributed by atoms with Crippen LogP contribution < -0.4 is 15.5 Å². The highest BCUT2D eigenvalue weighted by Gasteiger charge is 2.14. The Hall–Kier alpha value is -2.72. The Labute approximate surface area is 189 Å².